The van der Waals surface area contributed by atoms with Crippen molar-refractivity contribution in [1.29, 1.82) is 0 Å². The minimum Gasteiger partial charge on any atom is -0.321 e. The third kappa shape index (κ3) is 4.74. The number of fused-ring (bicyclic) bond motifs is 2. The van der Waals surface area contributed by atoms with E-state index in [0.29, 0.717) is 5.02 Å². The summed E-state index contributed by atoms with van der Waals surface area (Å²) < 4.78 is 1.95. The smallest absolute Gasteiger partial charge is 0.321 e. The zero-order chi connectivity index (χ0) is 27.1. The number of aromatic amines is 1. The second-order valence-corrected chi connectivity index (χ2v) is 11.1. The van der Waals surface area contributed by atoms with Crippen LogP contribution in [0, 0.1) is 0 Å². The SMILES string of the molecule is O=c1[nH]c2ccccc2n1C1CCN(Cc2ccc(N3C=c4cc(Cl)ccc4=NC3c3ccccc3)cc2)CC1. The van der Waals surface area contributed by atoms with Crippen molar-refractivity contribution in [3.63, 3.8) is 0 Å². The van der Waals surface area contributed by atoms with Crippen molar-refractivity contribution in [2.45, 2.75) is 31.6 Å². The van der Waals surface area contributed by atoms with Gasteiger partial charge in [-0.05, 0) is 66.4 Å². The Bertz CT molecular complexity index is 1840. The molecule has 0 saturated carbocycles. The number of halogens is 1. The predicted molar refractivity (Wildman–Crippen MR) is 161 cm³/mol. The largest absolute Gasteiger partial charge is 0.326 e. The molecule has 1 atom stereocenters. The second kappa shape index (κ2) is 10.5. The first-order valence-electron chi connectivity index (χ1n) is 13.8. The summed E-state index contributed by atoms with van der Waals surface area (Å²) in [5.41, 5.74) is 5.41. The number of aromatic nitrogens is 2. The molecule has 1 unspecified atom stereocenters. The number of H-pyrrole nitrogens is 1. The van der Waals surface area contributed by atoms with Gasteiger partial charge < -0.3 is 9.88 Å². The number of hydrogen-bond acceptors (Lipinski definition) is 4. The van der Waals surface area contributed by atoms with Crippen LogP contribution < -0.4 is 21.2 Å². The molecule has 1 N–H and O–H groups in total. The Morgan fingerprint density at radius 2 is 1.62 bits per heavy atom. The molecule has 0 aliphatic carbocycles. The summed E-state index contributed by atoms with van der Waals surface area (Å²) in [7, 11) is 0. The van der Waals surface area contributed by atoms with Crippen molar-refractivity contribution in [3.05, 3.63) is 134 Å². The Kier molecular flexibility index (Phi) is 6.50. The van der Waals surface area contributed by atoms with Crippen molar-refractivity contribution in [3.8, 4) is 0 Å². The average Bonchev–Trinajstić information content (AvgIpc) is 3.33. The number of likely N-dealkylation sites (tertiary alicyclic amines) is 1. The van der Waals surface area contributed by atoms with E-state index in [-0.39, 0.29) is 17.9 Å². The molecular weight excluding hydrogens is 518 g/mol. The van der Waals surface area contributed by atoms with Crippen LogP contribution >= 0.6 is 11.6 Å². The van der Waals surface area contributed by atoms with Gasteiger partial charge in [0.15, 0.2) is 6.17 Å². The zero-order valence-electron chi connectivity index (χ0n) is 22.1. The number of piperidine rings is 1. The number of rotatable bonds is 5. The number of anilines is 1. The van der Waals surface area contributed by atoms with Crippen LogP contribution in [0.1, 0.15) is 36.2 Å². The van der Waals surface area contributed by atoms with Gasteiger partial charge in [0.25, 0.3) is 0 Å². The lowest BCUT2D eigenvalue weighted by Gasteiger charge is -2.33. The molecule has 1 fully saturated rings. The van der Waals surface area contributed by atoms with Crippen molar-refractivity contribution < 1.29 is 0 Å². The summed E-state index contributed by atoms with van der Waals surface area (Å²) in [6, 6.07) is 33.2. The Labute approximate surface area is 237 Å². The standard InChI is InChI=1S/C33H30ClN5O/c34-26-12-15-29-25(20-26)22-38(32(35-29)24-6-2-1-3-7-24)27-13-10-23(11-14-27)21-37-18-16-28(17-19-37)39-31-9-5-4-8-30(31)36-33(39)40/h1-15,20,22,28,32H,16-19,21H2,(H,36,40). The fraction of sp³-hybridized carbons (Fsp3) is 0.212. The van der Waals surface area contributed by atoms with Crippen molar-refractivity contribution in [2.75, 3.05) is 18.0 Å². The molecule has 7 rings (SSSR count). The summed E-state index contributed by atoms with van der Waals surface area (Å²) in [5.74, 6) is 0. The fourth-order valence-corrected chi connectivity index (χ4v) is 6.22. The maximum absolute atomic E-state index is 12.6. The first kappa shape index (κ1) is 24.9. The molecule has 3 heterocycles. The fourth-order valence-electron chi connectivity index (χ4n) is 6.04. The highest BCUT2D eigenvalue weighted by atomic mass is 35.5. The summed E-state index contributed by atoms with van der Waals surface area (Å²) in [6.07, 6.45) is 3.93. The van der Waals surface area contributed by atoms with Crippen molar-refractivity contribution in [1.82, 2.24) is 14.5 Å². The minimum atomic E-state index is -0.146. The third-order valence-corrected chi connectivity index (χ3v) is 8.31. The molecule has 0 radical (unpaired) electrons. The van der Waals surface area contributed by atoms with E-state index in [2.05, 4.69) is 69.5 Å². The van der Waals surface area contributed by atoms with Gasteiger partial charge in [-0.25, -0.2) is 4.79 Å². The second-order valence-electron chi connectivity index (χ2n) is 10.6. The van der Waals surface area contributed by atoms with Gasteiger partial charge in [-0.2, -0.15) is 0 Å². The van der Waals surface area contributed by atoms with Crippen molar-refractivity contribution >= 4 is 34.5 Å². The average molecular weight is 548 g/mol. The van der Waals surface area contributed by atoms with E-state index in [9.17, 15) is 4.79 Å². The summed E-state index contributed by atoms with van der Waals surface area (Å²) in [5, 5.41) is 2.67. The van der Waals surface area contributed by atoms with Gasteiger partial charge in [0, 0.05) is 47.8 Å². The summed E-state index contributed by atoms with van der Waals surface area (Å²) in [6.45, 7) is 2.82. The lowest BCUT2D eigenvalue weighted by Crippen LogP contribution is -2.38. The lowest BCUT2D eigenvalue weighted by atomic mass is 10.0. The highest BCUT2D eigenvalue weighted by Gasteiger charge is 2.24. The number of para-hydroxylation sites is 2. The molecule has 0 spiro atoms. The lowest BCUT2D eigenvalue weighted by molar-refractivity contribution is 0.180. The minimum absolute atomic E-state index is 0.00445. The zero-order valence-corrected chi connectivity index (χ0v) is 22.8. The van der Waals surface area contributed by atoms with Crippen LogP contribution in [0.3, 0.4) is 0 Å². The maximum Gasteiger partial charge on any atom is 0.326 e. The van der Waals surface area contributed by atoms with Gasteiger partial charge in [-0.1, -0.05) is 66.2 Å². The first-order chi connectivity index (χ1) is 19.6. The third-order valence-electron chi connectivity index (χ3n) is 8.08. The maximum atomic E-state index is 12.6. The van der Waals surface area contributed by atoms with Crippen LogP contribution in [0.4, 0.5) is 5.69 Å². The molecule has 2 aliphatic heterocycles. The predicted octanol–water partition coefficient (Wildman–Crippen LogP) is 5.40. The van der Waals surface area contributed by atoms with Gasteiger partial charge in [0.05, 0.1) is 16.4 Å². The molecule has 5 aromatic rings. The first-order valence-corrected chi connectivity index (χ1v) is 14.2. The molecule has 2 aliphatic rings. The molecule has 0 amide bonds. The summed E-state index contributed by atoms with van der Waals surface area (Å²) >= 11 is 6.31. The summed E-state index contributed by atoms with van der Waals surface area (Å²) in [4.78, 5) is 25.4. The number of benzene rings is 4. The van der Waals surface area contributed by atoms with Crippen LogP contribution in [-0.4, -0.2) is 27.5 Å². The van der Waals surface area contributed by atoms with E-state index in [1.165, 1.54) is 5.56 Å². The Morgan fingerprint density at radius 3 is 2.42 bits per heavy atom. The molecule has 0 bridgehead atoms. The topological polar surface area (TPSA) is 56.6 Å². The van der Waals surface area contributed by atoms with E-state index in [1.54, 1.807) is 0 Å². The Hall–Kier alpha value is -4.13. The van der Waals surface area contributed by atoms with Gasteiger partial charge in [0.2, 0.25) is 0 Å². The van der Waals surface area contributed by atoms with E-state index in [1.807, 2.05) is 53.1 Å². The highest BCUT2D eigenvalue weighted by Crippen LogP contribution is 2.31. The number of hydrogen-bond donors (Lipinski definition) is 1. The van der Waals surface area contributed by atoms with Crippen molar-refractivity contribution in [2.24, 2.45) is 4.99 Å². The molecule has 1 aromatic heterocycles. The van der Waals surface area contributed by atoms with E-state index >= 15 is 0 Å². The molecule has 4 aromatic carbocycles. The van der Waals surface area contributed by atoms with Crippen LogP contribution in [-0.2, 0) is 6.54 Å². The van der Waals surface area contributed by atoms with E-state index in [4.69, 9.17) is 16.6 Å². The van der Waals surface area contributed by atoms with E-state index in [0.717, 1.165) is 65.3 Å². The number of nitrogens with zero attached hydrogens (tertiary/aromatic N) is 4. The highest BCUT2D eigenvalue weighted by molar-refractivity contribution is 6.30. The van der Waals surface area contributed by atoms with Gasteiger partial charge in [-0.3, -0.25) is 14.5 Å². The van der Waals surface area contributed by atoms with Crippen LogP contribution in [0.25, 0.3) is 17.2 Å². The number of imidazole rings is 1. The van der Waals surface area contributed by atoms with Gasteiger partial charge in [0.1, 0.15) is 0 Å². The van der Waals surface area contributed by atoms with Gasteiger partial charge in [-0.15, -0.1) is 0 Å². The monoisotopic (exact) mass is 547 g/mol. The molecule has 1 saturated heterocycles. The molecular formula is C33H30ClN5O. The quantitative estimate of drug-likeness (QED) is 0.321. The van der Waals surface area contributed by atoms with Gasteiger partial charge >= 0.3 is 5.69 Å². The molecule has 40 heavy (non-hydrogen) atoms. The number of nitrogens with one attached hydrogen (secondary N) is 1. The Balaban J connectivity index is 1.08. The van der Waals surface area contributed by atoms with Crippen LogP contribution in [0.15, 0.2) is 107 Å². The van der Waals surface area contributed by atoms with Crippen LogP contribution in [0.5, 0.6) is 0 Å². The molecule has 7 heteroatoms. The normalized spacial score (nSPS) is 17.8. The molecule has 200 valence electrons. The van der Waals surface area contributed by atoms with Crippen LogP contribution in [0.2, 0.25) is 5.02 Å². The Morgan fingerprint density at radius 1 is 0.875 bits per heavy atom. The van der Waals surface area contributed by atoms with E-state index < -0.39 is 0 Å². The molecule has 6 nitrogen and oxygen atoms in total.